The number of aromatic nitrogens is 1. The number of hydrogen-bond acceptors (Lipinski definition) is 6. The highest BCUT2D eigenvalue weighted by molar-refractivity contribution is 5.88. The van der Waals surface area contributed by atoms with E-state index in [0.29, 0.717) is 12.5 Å². The third-order valence-electron chi connectivity index (χ3n) is 9.10. The molecule has 4 heterocycles. The van der Waals surface area contributed by atoms with E-state index in [1.165, 1.54) is 27.6 Å². The summed E-state index contributed by atoms with van der Waals surface area (Å²) in [6.07, 6.45) is 6.51. The fraction of sp³-hybridized carbons (Fsp3) is 0.529. The van der Waals surface area contributed by atoms with Crippen molar-refractivity contribution in [2.75, 3.05) is 59.2 Å². The standard InChI is InChI=1S/C34H43N3O4/c1-25-29-6-2-3-7-31(29)35-24-30(25)26-9-11-27(12-10-26)33(41-21-5-15-36-18-22-39-23-19-36)28-13-16-37(17-14-28)34(38)32-8-4-20-40-32/h2-3,6-7,9-12,24,28,32-33H,4-5,8,13-23H2,1H3. The van der Waals surface area contributed by atoms with E-state index in [2.05, 4.69) is 54.3 Å². The molecule has 2 atom stereocenters. The molecule has 3 aliphatic heterocycles. The van der Waals surface area contributed by atoms with Crippen LogP contribution in [0.5, 0.6) is 0 Å². The summed E-state index contributed by atoms with van der Waals surface area (Å²) in [5, 5.41) is 1.19. The molecule has 0 N–H and O–H groups in total. The van der Waals surface area contributed by atoms with Crippen molar-refractivity contribution in [1.82, 2.24) is 14.8 Å². The smallest absolute Gasteiger partial charge is 0.251 e. The molecule has 41 heavy (non-hydrogen) atoms. The Morgan fingerprint density at radius 1 is 1.00 bits per heavy atom. The van der Waals surface area contributed by atoms with Gasteiger partial charge in [-0.2, -0.15) is 0 Å². The Bertz CT molecular complexity index is 1290. The third kappa shape index (κ3) is 6.64. The first-order valence-corrected chi connectivity index (χ1v) is 15.4. The summed E-state index contributed by atoms with van der Waals surface area (Å²) in [7, 11) is 0. The lowest BCUT2D eigenvalue weighted by atomic mass is 9.86. The summed E-state index contributed by atoms with van der Waals surface area (Å²) in [6.45, 7) is 9.86. The van der Waals surface area contributed by atoms with E-state index in [-0.39, 0.29) is 18.1 Å². The highest BCUT2D eigenvalue weighted by Crippen LogP contribution is 2.36. The van der Waals surface area contributed by atoms with Crippen molar-refractivity contribution in [3.05, 3.63) is 65.9 Å². The summed E-state index contributed by atoms with van der Waals surface area (Å²) in [4.78, 5) is 22.1. The first kappa shape index (κ1) is 28.3. The van der Waals surface area contributed by atoms with E-state index < -0.39 is 0 Å². The zero-order chi connectivity index (χ0) is 28.0. The van der Waals surface area contributed by atoms with E-state index in [1.54, 1.807) is 0 Å². The van der Waals surface area contributed by atoms with Crippen molar-refractivity contribution >= 4 is 16.8 Å². The Morgan fingerprint density at radius 2 is 1.78 bits per heavy atom. The lowest BCUT2D eigenvalue weighted by molar-refractivity contribution is -0.143. The number of benzene rings is 2. The van der Waals surface area contributed by atoms with Gasteiger partial charge in [0.15, 0.2) is 0 Å². The van der Waals surface area contributed by atoms with Crippen LogP contribution in [-0.4, -0.2) is 85.9 Å². The van der Waals surface area contributed by atoms with E-state index in [1.807, 2.05) is 17.2 Å². The zero-order valence-corrected chi connectivity index (χ0v) is 24.3. The SMILES string of the molecule is Cc1c(-c2ccc(C(OCCCN3CCOCC3)C3CCN(C(=O)C4CCCO4)CC3)cc2)cnc2ccccc12. The van der Waals surface area contributed by atoms with Gasteiger partial charge in [0.2, 0.25) is 0 Å². The largest absolute Gasteiger partial charge is 0.379 e. The van der Waals surface area contributed by atoms with Crippen molar-refractivity contribution in [1.29, 1.82) is 0 Å². The lowest BCUT2D eigenvalue weighted by Gasteiger charge is -2.37. The van der Waals surface area contributed by atoms with Gasteiger partial charge in [-0.1, -0.05) is 42.5 Å². The minimum atomic E-state index is -0.237. The molecule has 2 unspecified atom stereocenters. The Kier molecular flexibility index (Phi) is 9.26. The van der Waals surface area contributed by atoms with Crippen LogP contribution in [0.4, 0.5) is 0 Å². The van der Waals surface area contributed by atoms with Gasteiger partial charge in [0.25, 0.3) is 5.91 Å². The molecule has 0 bridgehead atoms. The van der Waals surface area contributed by atoms with Crippen LogP contribution in [0.3, 0.4) is 0 Å². The minimum absolute atomic E-state index is 0.0181. The number of hydrogen-bond donors (Lipinski definition) is 0. The molecule has 0 spiro atoms. The van der Waals surface area contributed by atoms with Gasteiger partial charge < -0.3 is 19.1 Å². The number of ether oxygens (including phenoxy) is 3. The predicted octanol–water partition coefficient (Wildman–Crippen LogP) is 5.41. The molecular weight excluding hydrogens is 514 g/mol. The molecule has 6 rings (SSSR count). The molecule has 1 aromatic heterocycles. The fourth-order valence-corrected chi connectivity index (χ4v) is 6.65. The molecule has 3 aliphatic rings. The van der Waals surface area contributed by atoms with Crippen LogP contribution in [0.25, 0.3) is 22.0 Å². The van der Waals surface area contributed by atoms with E-state index in [4.69, 9.17) is 19.2 Å². The molecule has 0 radical (unpaired) electrons. The van der Waals surface area contributed by atoms with Crippen LogP contribution in [0, 0.1) is 12.8 Å². The quantitative estimate of drug-likeness (QED) is 0.328. The van der Waals surface area contributed by atoms with E-state index >= 15 is 0 Å². The number of carbonyl (C=O) groups excluding carboxylic acids is 1. The first-order valence-electron chi connectivity index (χ1n) is 15.4. The summed E-state index contributed by atoms with van der Waals surface area (Å²) < 4.78 is 17.9. The topological polar surface area (TPSA) is 64.1 Å². The molecule has 7 nitrogen and oxygen atoms in total. The second-order valence-corrected chi connectivity index (χ2v) is 11.7. The van der Waals surface area contributed by atoms with Gasteiger partial charge >= 0.3 is 0 Å². The first-order chi connectivity index (χ1) is 20.2. The summed E-state index contributed by atoms with van der Waals surface area (Å²) in [5.41, 5.74) is 5.84. The van der Waals surface area contributed by atoms with Crippen molar-refractivity contribution in [3.8, 4) is 11.1 Å². The van der Waals surface area contributed by atoms with Gasteiger partial charge in [0.1, 0.15) is 6.10 Å². The summed E-state index contributed by atoms with van der Waals surface area (Å²) in [5.74, 6) is 0.550. The highest BCUT2D eigenvalue weighted by Gasteiger charge is 2.34. The lowest BCUT2D eigenvalue weighted by Crippen LogP contribution is -2.44. The summed E-state index contributed by atoms with van der Waals surface area (Å²) >= 11 is 0. The van der Waals surface area contributed by atoms with Crippen LogP contribution in [0.1, 0.15) is 49.3 Å². The van der Waals surface area contributed by atoms with Gasteiger partial charge in [-0.05, 0) is 67.7 Å². The number of rotatable bonds is 9. The minimum Gasteiger partial charge on any atom is -0.379 e. The number of likely N-dealkylation sites (tertiary alicyclic amines) is 1. The normalized spacial score (nSPS) is 21.4. The second-order valence-electron chi connectivity index (χ2n) is 11.7. The van der Waals surface area contributed by atoms with Crippen molar-refractivity contribution < 1.29 is 19.0 Å². The number of piperidine rings is 1. The van der Waals surface area contributed by atoms with Gasteiger partial charge in [-0.25, -0.2) is 0 Å². The van der Waals surface area contributed by atoms with E-state index in [9.17, 15) is 4.79 Å². The molecule has 0 saturated carbocycles. The maximum Gasteiger partial charge on any atom is 0.251 e. The number of amides is 1. The Balaban J connectivity index is 1.15. The van der Waals surface area contributed by atoms with Crippen LogP contribution in [-0.2, 0) is 19.0 Å². The second kappa shape index (κ2) is 13.4. The number of aryl methyl sites for hydroxylation is 1. The van der Waals surface area contributed by atoms with Gasteiger partial charge in [0, 0.05) is 63.1 Å². The molecule has 3 aromatic rings. The van der Waals surface area contributed by atoms with E-state index in [0.717, 1.165) is 90.2 Å². The molecule has 1 amide bonds. The Hall–Kier alpha value is -2.84. The predicted molar refractivity (Wildman–Crippen MR) is 161 cm³/mol. The van der Waals surface area contributed by atoms with Crippen LogP contribution in [0.15, 0.2) is 54.7 Å². The molecule has 218 valence electrons. The van der Waals surface area contributed by atoms with Crippen molar-refractivity contribution in [3.63, 3.8) is 0 Å². The van der Waals surface area contributed by atoms with Gasteiger partial charge in [-0.15, -0.1) is 0 Å². The maximum atomic E-state index is 12.9. The number of morpholine rings is 1. The maximum absolute atomic E-state index is 12.9. The zero-order valence-electron chi connectivity index (χ0n) is 24.3. The molecule has 0 aliphatic carbocycles. The average molecular weight is 558 g/mol. The van der Waals surface area contributed by atoms with Gasteiger partial charge in [-0.3, -0.25) is 14.7 Å². The number of carbonyl (C=O) groups is 1. The molecule has 7 heteroatoms. The number of fused-ring (bicyclic) bond motifs is 1. The molecule has 2 aromatic carbocycles. The summed E-state index contributed by atoms with van der Waals surface area (Å²) in [6, 6.07) is 17.2. The van der Waals surface area contributed by atoms with Crippen LogP contribution < -0.4 is 0 Å². The fourth-order valence-electron chi connectivity index (χ4n) is 6.65. The highest BCUT2D eigenvalue weighted by atomic mass is 16.5. The van der Waals surface area contributed by atoms with Crippen molar-refractivity contribution in [2.45, 2.75) is 51.2 Å². The average Bonchev–Trinajstić information content (AvgIpc) is 3.57. The number of para-hydroxylation sites is 1. The van der Waals surface area contributed by atoms with Crippen LogP contribution >= 0.6 is 0 Å². The monoisotopic (exact) mass is 557 g/mol. The van der Waals surface area contributed by atoms with Crippen molar-refractivity contribution in [2.24, 2.45) is 5.92 Å². The third-order valence-corrected chi connectivity index (χ3v) is 9.10. The number of nitrogens with zero attached hydrogens (tertiary/aromatic N) is 3. The van der Waals surface area contributed by atoms with Gasteiger partial charge in [0.05, 0.1) is 24.8 Å². The molecule has 3 fully saturated rings. The number of pyridine rings is 1. The van der Waals surface area contributed by atoms with Crippen LogP contribution in [0.2, 0.25) is 0 Å². The molecule has 3 saturated heterocycles. The Labute approximate surface area is 243 Å². The Morgan fingerprint density at radius 3 is 2.54 bits per heavy atom. The molecular formula is C34H43N3O4.